The summed E-state index contributed by atoms with van der Waals surface area (Å²) in [4.78, 5) is 11.9. The van der Waals surface area contributed by atoms with Crippen molar-refractivity contribution in [3.8, 4) is 5.75 Å². The van der Waals surface area contributed by atoms with Crippen molar-refractivity contribution >= 4 is 21.8 Å². The molecule has 0 spiro atoms. The molecule has 100 valence electrons. The smallest absolute Gasteiger partial charge is 0.251 e. The van der Waals surface area contributed by atoms with E-state index in [1.54, 1.807) is 12.1 Å². The molecule has 0 aliphatic heterocycles. The van der Waals surface area contributed by atoms with Gasteiger partial charge < -0.3 is 10.4 Å². The highest BCUT2D eigenvalue weighted by molar-refractivity contribution is 9.10. The Morgan fingerprint density at radius 3 is 2.56 bits per heavy atom. The third kappa shape index (κ3) is 4.69. The SMILES string of the molecule is CC(C)CC[C@@H](C)NC(=O)c1ccc(Br)c(O)c1. The van der Waals surface area contributed by atoms with Crippen molar-refractivity contribution in [2.75, 3.05) is 0 Å². The fourth-order valence-electron chi connectivity index (χ4n) is 1.62. The molecule has 18 heavy (non-hydrogen) atoms. The predicted molar refractivity (Wildman–Crippen MR) is 76.8 cm³/mol. The normalized spacial score (nSPS) is 12.5. The van der Waals surface area contributed by atoms with E-state index in [4.69, 9.17) is 0 Å². The Labute approximate surface area is 117 Å². The molecule has 1 atom stereocenters. The van der Waals surface area contributed by atoms with E-state index in [2.05, 4.69) is 35.1 Å². The van der Waals surface area contributed by atoms with Gasteiger partial charge in [0.25, 0.3) is 5.91 Å². The van der Waals surface area contributed by atoms with Gasteiger partial charge in [-0.05, 0) is 59.8 Å². The van der Waals surface area contributed by atoms with E-state index in [1.165, 1.54) is 6.07 Å². The topological polar surface area (TPSA) is 49.3 Å². The predicted octanol–water partition coefficient (Wildman–Crippen LogP) is 3.71. The molecule has 0 unspecified atom stereocenters. The molecule has 4 heteroatoms. The average molecular weight is 314 g/mol. The first-order valence-electron chi connectivity index (χ1n) is 6.19. The lowest BCUT2D eigenvalue weighted by Gasteiger charge is -2.15. The first-order valence-corrected chi connectivity index (χ1v) is 6.98. The highest BCUT2D eigenvalue weighted by Gasteiger charge is 2.11. The number of carbonyl (C=O) groups is 1. The number of aromatic hydroxyl groups is 1. The van der Waals surface area contributed by atoms with Crippen molar-refractivity contribution in [3.05, 3.63) is 28.2 Å². The van der Waals surface area contributed by atoms with Crippen molar-refractivity contribution in [3.63, 3.8) is 0 Å². The van der Waals surface area contributed by atoms with Crippen LogP contribution >= 0.6 is 15.9 Å². The summed E-state index contributed by atoms with van der Waals surface area (Å²) in [6, 6.07) is 4.97. The summed E-state index contributed by atoms with van der Waals surface area (Å²) in [6.45, 7) is 6.33. The molecule has 1 rings (SSSR count). The largest absolute Gasteiger partial charge is 0.507 e. The molecule has 0 heterocycles. The highest BCUT2D eigenvalue weighted by Crippen LogP contribution is 2.24. The van der Waals surface area contributed by atoms with Crippen LogP contribution in [0.4, 0.5) is 0 Å². The van der Waals surface area contributed by atoms with Crippen LogP contribution in [0.5, 0.6) is 5.75 Å². The zero-order valence-corrected chi connectivity index (χ0v) is 12.6. The molecule has 0 aliphatic rings. The van der Waals surface area contributed by atoms with Crippen LogP contribution in [0, 0.1) is 5.92 Å². The van der Waals surface area contributed by atoms with Gasteiger partial charge in [0.2, 0.25) is 0 Å². The van der Waals surface area contributed by atoms with E-state index >= 15 is 0 Å². The highest BCUT2D eigenvalue weighted by atomic mass is 79.9. The quantitative estimate of drug-likeness (QED) is 0.870. The van der Waals surface area contributed by atoms with Gasteiger partial charge in [-0.3, -0.25) is 4.79 Å². The Kier molecular flexibility index (Phi) is 5.66. The van der Waals surface area contributed by atoms with Crippen LogP contribution < -0.4 is 5.32 Å². The number of carbonyl (C=O) groups excluding carboxylic acids is 1. The molecule has 0 radical (unpaired) electrons. The van der Waals surface area contributed by atoms with Gasteiger partial charge in [0.05, 0.1) is 4.47 Å². The van der Waals surface area contributed by atoms with E-state index in [-0.39, 0.29) is 17.7 Å². The first-order chi connectivity index (χ1) is 8.40. The Bertz CT molecular complexity index is 418. The molecule has 0 bridgehead atoms. The van der Waals surface area contributed by atoms with Crippen LogP contribution in [0.15, 0.2) is 22.7 Å². The minimum atomic E-state index is -0.144. The van der Waals surface area contributed by atoms with Crippen LogP contribution in [-0.4, -0.2) is 17.1 Å². The number of phenols is 1. The van der Waals surface area contributed by atoms with E-state index in [1.807, 2.05) is 6.92 Å². The van der Waals surface area contributed by atoms with E-state index in [9.17, 15) is 9.90 Å². The molecule has 0 saturated heterocycles. The van der Waals surface area contributed by atoms with Crippen LogP contribution in [0.1, 0.15) is 44.0 Å². The zero-order valence-electron chi connectivity index (χ0n) is 11.0. The average Bonchev–Trinajstić information content (AvgIpc) is 2.30. The van der Waals surface area contributed by atoms with Gasteiger partial charge in [0, 0.05) is 11.6 Å². The summed E-state index contributed by atoms with van der Waals surface area (Å²) in [5, 5.41) is 12.5. The van der Waals surface area contributed by atoms with Gasteiger partial charge in [-0.15, -0.1) is 0 Å². The Hall–Kier alpha value is -1.03. The molecular weight excluding hydrogens is 294 g/mol. The summed E-state index contributed by atoms with van der Waals surface area (Å²) < 4.78 is 0.590. The summed E-state index contributed by atoms with van der Waals surface area (Å²) in [5.74, 6) is 0.576. The standard InChI is InChI=1S/C14H20BrNO2/c1-9(2)4-5-10(3)16-14(18)11-6-7-12(15)13(17)8-11/h6-10,17H,4-5H2,1-3H3,(H,16,18)/t10-/m1/s1. The minimum absolute atomic E-state index is 0.0810. The molecule has 0 fully saturated rings. The molecule has 0 saturated carbocycles. The van der Waals surface area contributed by atoms with Gasteiger partial charge in [0.1, 0.15) is 5.75 Å². The van der Waals surface area contributed by atoms with E-state index in [0.29, 0.717) is 16.0 Å². The van der Waals surface area contributed by atoms with E-state index < -0.39 is 0 Å². The molecule has 1 amide bonds. The number of rotatable bonds is 5. The van der Waals surface area contributed by atoms with Crippen molar-refractivity contribution < 1.29 is 9.90 Å². The summed E-state index contributed by atoms with van der Waals surface area (Å²) >= 11 is 3.19. The van der Waals surface area contributed by atoms with Crippen LogP contribution in [0.3, 0.4) is 0 Å². The fraction of sp³-hybridized carbons (Fsp3) is 0.500. The Morgan fingerprint density at radius 1 is 1.33 bits per heavy atom. The van der Waals surface area contributed by atoms with Crippen molar-refractivity contribution in [2.24, 2.45) is 5.92 Å². The number of amides is 1. The maximum atomic E-state index is 11.9. The van der Waals surface area contributed by atoms with E-state index in [0.717, 1.165) is 12.8 Å². The number of hydrogen-bond donors (Lipinski definition) is 2. The van der Waals surface area contributed by atoms with Gasteiger partial charge in [-0.25, -0.2) is 0 Å². The molecule has 0 aliphatic carbocycles. The lowest BCUT2D eigenvalue weighted by molar-refractivity contribution is 0.0937. The third-order valence-electron chi connectivity index (χ3n) is 2.76. The number of halogens is 1. The van der Waals surface area contributed by atoms with Crippen LogP contribution in [-0.2, 0) is 0 Å². The number of phenolic OH excluding ortho intramolecular Hbond substituents is 1. The molecule has 0 aromatic heterocycles. The van der Waals surface area contributed by atoms with Crippen molar-refractivity contribution in [1.29, 1.82) is 0 Å². The summed E-state index contributed by atoms with van der Waals surface area (Å²) in [7, 11) is 0. The van der Waals surface area contributed by atoms with Crippen molar-refractivity contribution in [1.82, 2.24) is 5.32 Å². The Balaban J connectivity index is 2.56. The minimum Gasteiger partial charge on any atom is -0.507 e. The number of hydrogen-bond acceptors (Lipinski definition) is 2. The maximum absolute atomic E-state index is 11.9. The molecule has 1 aromatic carbocycles. The number of benzene rings is 1. The monoisotopic (exact) mass is 313 g/mol. The molecule has 3 nitrogen and oxygen atoms in total. The van der Waals surface area contributed by atoms with Crippen LogP contribution in [0.2, 0.25) is 0 Å². The molecule has 1 aromatic rings. The second-order valence-electron chi connectivity index (χ2n) is 5.01. The maximum Gasteiger partial charge on any atom is 0.251 e. The third-order valence-corrected chi connectivity index (χ3v) is 3.43. The van der Waals surface area contributed by atoms with Gasteiger partial charge in [-0.2, -0.15) is 0 Å². The molecule has 2 N–H and O–H groups in total. The van der Waals surface area contributed by atoms with Gasteiger partial charge in [-0.1, -0.05) is 13.8 Å². The fourth-order valence-corrected chi connectivity index (χ4v) is 1.86. The first kappa shape index (κ1) is 15.0. The summed E-state index contributed by atoms with van der Waals surface area (Å²) in [5.41, 5.74) is 0.479. The zero-order chi connectivity index (χ0) is 13.7. The second-order valence-corrected chi connectivity index (χ2v) is 5.87. The second kappa shape index (κ2) is 6.78. The lowest BCUT2D eigenvalue weighted by atomic mass is 10.0. The van der Waals surface area contributed by atoms with Gasteiger partial charge >= 0.3 is 0 Å². The number of nitrogens with one attached hydrogen (secondary N) is 1. The summed E-state index contributed by atoms with van der Waals surface area (Å²) in [6.07, 6.45) is 2.05. The molecular formula is C14H20BrNO2. The van der Waals surface area contributed by atoms with Crippen LogP contribution in [0.25, 0.3) is 0 Å². The lowest BCUT2D eigenvalue weighted by Crippen LogP contribution is -2.32. The van der Waals surface area contributed by atoms with Crippen molar-refractivity contribution in [2.45, 2.75) is 39.7 Å². The van der Waals surface area contributed by atoms with Gasteiger partial charge in [0.15, 0.2) is 0 Å². The Morgan fingerprint density at radius 2 is 2.00 bits per heavy atom.